The number of tetrazole rings is 1. The molecule has 130 valence electrons. The normalized spacial score (nSPS) is 10.8. The Morgan fingerprint density at radius 3 is 2.69 bits per heavy atom. The van der Waals surface area contributed by atoms with Gasteiger partial charge in [0.05, 0.1) is 12.2 Å². The zero-order chi connectivity index (χ0) is 17.8. The number of nitrogens with one attached hydrogen (secondary N) is 1. The predicted octanol–water partition coefficient (Wildman–Crippen LogP) is 2.22. The fraction of sp³-hybridized carbons (Fsp3) is 0.167. The summed E-state index contributed by atoms with van der Waals surface area (Å²) >= 11 is 0. The highest BCUT2D eigenvalue weighted by Gasteiger charge is 2.08. The second-order valence-electron chi connectivity index (χ2n) is 6.02. The van der Waals surface area contributed by atoms with Gasteiger partial charge in [0.2, 0.25) is 5.95 Å². The Balaban J connectivity index is 1.46. The molecule has 2 aromatic carbocycles. The van der Waals surface area contributed by atoms with Crippen LogP contribution in [0.3, 0.4) is 0 Å². The van der Waals surface area contributed by atoms with E-state index in [1.54, 1.807) is 15.7 Å². The Kier molecular flexibility index (Phi) is 4.38. The van der Waals surface area contributed by atoms with E-state index in [1.165, 1.54) is 11.9 Å². The Hall–Kier alpha value is -3.55. The van der Waals surface area contributed by atoms with Crippen LogP contribution in [-0.2, 0) is 13.1 Å². The molecule has 0 radical (unpaired) electrons. The van der Waals surface area contributed by atoms with E-state index in [-0.39, 0.29) is 0 Å². The summed E-state index contributed by atoms with van der Waals surface area (Å²) in [7, 11) is 0. The first kappa shape index (κ1) is 15.9. The van der Waals surface area contributed by atoms with Gasteiger partial charge < -0.3 is 5.32 Å². The molecule has 0 bridgehead atoms. The number of aryl methyl sites for hydroxylation is 1. The molecular formula is C18H18N8. The molecule has 0 aliphatic heterocycles. The molecule has 0 saturated heterocycles. The molecule has 0 amide bonds. The van der Waals surface area contributed by atoms with Crippen molar-refractivity contribution in [2.45, 2.75) is 20.0 Å². The molecular weight excluding hydrogens is 328 g/mol. The average molecular weight is 346 g/mol. The smallest absolute Gasteiger partial charge is 0.248 e. The van der Waals surface area contributed by atoms with Crippen molar-refractivity contribution in [1.29, 1.82) is 0 Å². The first-order chi connectivity index (χ1) is 12.8. The first-order valence-corrected chi connectivity index (χ1v) is 8.27. The van der Waals surface area contributed by atoms with E-state index in [4.69, 9.17) is 0 Å². The Bertz CT molecular complexity index is 973. The standard InChI is InChI=1S/C18H18N8/c1-14-5-7-17(8-6-14)26-18(22-23-24-26)20-10-15-3-2-4-16(9-15)11-25-13-19-12-21-25/h2-9,12-13H,10-11H2,1H3,(H,20,22,24). The maximum absolute atomic E-state index is 4.14. The number of anilines is 1. The van der Waals surface area contributed by atoms with E-state index < -0.39 is 0 Å². The Morgan fingerprint density at radius 1 is 1.04 bits per heavy atom. The molecule has 2 heterocycles. The molecule has 0 atom stereocenters. The van der Waals surface area contributed by atoms with Gasteiger partial charge in [0.1, 0.15) is 12.7 Å². The molecule has 0 fully saturated rings. The molecule has 4 aromatic rings. The summed E-state index contributed by atoms with van der Waals surface area (Å²) in [6.45, 7) is 3.36. The summed E-state index contributed by atoms with van der Waals surface area (Å²) in [6, 6.07) is 16.4. The van der Waals surface area contributed by atoms with Gasteiger partial charge in [0.15, 0.2) is 0 Å². The summed E-state index contributed by atoms with van der Waals surface area (Å²) in [6.07, 6.45) is 3.25. The van der Waals surface area contributed by atoms with Crippen LogP contribution in [0.1, 0.15) is 16.7 Å². The van der Waals surface area contributed by atoms with Crippen molar-refractivity contribution >= 4 is 5.95 Å². The van der Waals surface area contributed by atoms with Gasteiger partial charge in [-0.1, -0.05) is 47.1 Å². The van der Waals surface area contributed by atoms with E-state index in [0.29, 0.717) is 19.0 Å². The largest absolute Gasteiger partial charge is 0.349 e. The van der Waals surface area contributed by atoms with E-state index in [9.17, 15) is 0 Å². The predicted molar refractivity (Wildman–Crippen MR) is 96.8 cm³/mol. The molecule has 26 heavy (non-hydrogen) atoms. The fourth-order valence-electron chi connectivity index (χ4n) is 2.68. The van der Waals surface area contributed by atoms with Crippen LogP contribution in [0.25, 0.3) is 5.69 Å². The van der Waals surface area contributed by atoms with Crippen LogP contribution in [-0.4, -0.2) is 35.0 Å². The van der Waals surface area contributed by atoms with Gasteiger partial charge in [-0.05, 0) is 40.6 Å². The quantitative estimate of drug-likeness (QED) is 0.576. The van der Waals surface area contributed by atoms with Gasteiger partial charge in [-0.3, -0.25) is 0 Å². The third kappa shape index (κ3) is 3.59. The molecule has 8 nitrogen and oxygen atoms in total. The van der Waals surface area contributed by atoms with Crippen LogP contribution >= 0.6 is 0 Å². The SMILES string of the molecule is Cc1ccc(-n2nnnc2NCc2cccc(Cn3cncn3)c2)cc1. The lowest BCUT2D eigenvalue weighted by atomic mass is 10.1. The number of hydrogen-bond donors (Lipinski definition) is 1. The number of nitrogens with zero attached hydrogens (tertiary/aromatic N) is 7. The molecule has 0 saturated carbocycles. The van der Waals surface area contributed by atoms with Gasteiger partial charge in [0, 0.05) is 6.54 Å². The number of rotatable bonds is 6. The lowest BCUT2D eigenvalue weighted by Gasteiger charge is -2.09. The van der Waals surface area contributed by atoms with Crippen molar-refractivity contribution in [2.75, 3.05) is 5.32 Å². The highest BCUT2D eigenvalue weighted by molar-refractivity contribution is 5.40. The summed E-state index contributed by atoms with van der Waals surface area (Å²) in [5, 5.41) is 19.4. The van der Waals surface area contributed by atoms with E-state index >= 15 is 0 Å². The fourth-order valence-corrected chi connectivity index (χ4v) is 2.68. The molecule has 1 N–H and O–H groups in total. The highest BCUT2D eigenvalue weighted by atomic mass is 15.6. The van der Waals surface area contributed by atoms with Crippen molar-refractivity contribution in [3.05, 3.63) is 77.9 Å². The van der Waals surface area contributed by atoms with Gasteiger partial charge in [-0.15, -0.1) is 0 Å². The number of hydrogen-bond acceptors (Lipinski definition) is 6. The summed E-state index contributed by atoms with van der Waals surface area (Å²) < 4.78 is 3.49. The van der Waals surface area contributed by atoms with Crippen molar-refractivity contribution in [3.8, 4) is 5.69 Å². The van der Waals surface area contributed by atoms with Crippen LogP contribution in [0.4, 0.5) is 5.95 Å². The molecule has 0 aliphatic rings. The lowest BCUT2D eigenvalue weighted by Crippen LogP contribution is -2.08. The second kappa shape index (κ2) is 7.14. The van der Waals surface area contributed by atoms with Gasteiger partial charge in [0.25, 0.3) is 0 Å². The third-order valence-corrected chi connectivity index (χ3v) is 4.00. The minimum atomic E-state index is 0.607. The molecule has 0 aliphatic carbocycles. The van der Waals surface area contributed by atoms with Crippen LogP contribution in [0.5, 0.6) is 0 Å². The maximum Gasteiger partial charge on any atom is 0.248 e. The third-order valence-electron chi connectivity index (χ3n) is 4.00. The minimum Gasteiger partial charge on any atom is -0.349 e. The molecule has 2 aromatic heterocycles. The number of aromatic nitrogens is 7. The highest BCUT2D eigenvalue weighted by Crippen LogP contribution is 2.14. The van der Waals surface area contributed by atoms with Gasteiger partial charge >= 0.3 is 0 Å². The molecule has 4 rings (SSSR count). The van der Waals surface area contributed by atoms with Crippen LogP contribution in [0.15, 0.2) is 61.2 Å². The zero-order valence-electron chi connectivity index (χ0n) is 14.3. The summed E-state index contributed by atoms with van der Waals surface area (Å²) in [5.41, 5.74) is 4.41. The first-order valence-electron chi connectivity index (χ1n) is 8.27. The summed E-state index contributed by atoms with van der Waals surface area (Å²) in [5.74, 6) is 0.607. The van der Waals surface area contributed by atoms with Crippen molar-refractivity contribution in [3.63, 3.8) is 0 Å². The van der Waals surface area contributed by atoms with E-state index in [0.717, 1.165) is 16.8 Å². The van der Waals surface area contributed by atoms with Crippen molar-refractivity contribution < 1.29 is 0 Å². The van der Waals surface area contributed by atoms with E-state index in [2.05, 4.69) is 56.0 Å². The second-order valence-corrected chi connectivity index (χ2v) is 6.02. The van der Waals surface area contributed by atoms with E-state index in [1.807, 2.05) is 30.3 Å². The van der Waals surface area contributed by atoms with Crippen molar-refractivity contribution in [1.82, 2.24) is 35.0 Å². The van der Waals surface area contributed by atoms with Crippen LogP contribution < -0.4 is 5.32 Å². The molecule has 8 heteroatoms. The summed E-state index contributed by atoms with van der Waals surface area (Å²) in [4.78, 5) is 3.97. The van der Waals surface area contributed by atoms with Crippen LogP contribution in [0.2, 0.25) is 0 Å². The molecule has 0 unspecified atom stereocenters. The number of benzene rings is 2. The molecule has 0 spiro atoms. The topological polar surface area (TPSA) is 86.3 Å². The lowest BCUT2D eigenvalue weighted by molar-refractivity contribution is 0.684. The van der Waals surface area contributed by atoms with Crippen LogP contribution in [0, 0.1) is 6.92 Å². The Morgan fingerprint density at radius 2 is 1.88 bits per heavy atom. The minimum absolute atomic E-state index is 0.607. The Labute approximate surface area is 150 Å². The monoisotopic (exact) mass is 346 g/mol. The zero-order valence-corrected chi connectivity index (χ0v) is 14.3. The maximum atomic E-state index is 4.14. The van der Waals surface area contributed by atoms with Gasteiger partial charge in [-0.25, -0.2) is 9.67 Å². The average Bonchev–Trinajstić information content (AvgIpc) is 3.33. The van der Waals surface area contributed by atoms with Crippen molar-refractivity contribution in [2.24, 2.45) is 0 Å². The van der Waals surface area contributed by atoms with Gasteiger partial charge in [-0.2, -0.15) is 9.78 Å².